The Morgan fingerprint density at radius 1 is 1.28 bits per heavy atom. The third-order valence-electron chi connectivity index (χ3n) is 3.45. The Morgan fingerprint density at radius 2 is 2.00 bits per heavy atom. The van der Waals surface area contributed by atoms with E-state index in [1.807, 2.05) is 13.0 Å². The van der Waals surface area contributed by atoms with Gasteiger partial charge in [-0.15, -0.1) is 0 Å². The maximum Gasteiger partial charge on any atom is 0.133 e. The van der Waals surface area contributed by atoms with E-state index in [0.717, 1.165) is 36.6 Å². The Bertz CT molecular complexity index is 406. The van der Waals surface area contributed by atoms with Crippen molar-refractivity contribution in [1.82, 2.24) is 9.97 Å². The fourth-order valence-electron chi connectivity index (χ4n) is 2.39. The van der Waals surface area contributed by atoms with Crippen molar-refractivity contribution < 1.29 is 5.11 Å². The molecule has 1 aliphatic rings. The van der Waals surface area contributed by atoms with Crippen LogP contribution in [0.4, 0.5) is 5.82 Å². The topological polar surface area (TPSA) is 58.0 Å². The van der Waals surface area contributed by atoms with Crippen molar-refractivity contribution >= 4 is 5.82 Å². The molecule has 4 heteroatoms. The molecule has 100 valence electrons. The predicted molar refractivity (Wildman–Crippen MR) is 72.7 cm³/mol. The minimum Gasteiger partial charge on any atom is -0.391 e. The number of hydrogen-bond donors (Lipinski definition) is 2. The summed E-state index contributed by atoms with van der Waals surface area (Å²) in [7, 11) is 0. The van der Waals surface area contributed by atoms with Crippen molar-refractivity contribution in [2.75, 3.05) is 5.32 Å². The largest absolute Gasteiger partial charge is 0.391 e. The van der Waals surface area contributed by atoms with Gasteiger partial charge in [-0.2, -0.15) is 0 Å². The SMILES string of the molecule is Cc1cc(N[C@H]2CCCC[C@@H]2O)nc(C(C)C)n1. The van der Waals surface area contributed by atoms with Gasteiger partial charge in [0.25, 0.3) is 0 Å². The molecule has 1 heterocycles. The molecule has 0 unspecified atom stereocenters. The van der Waals surface area contributed by atoms with Crippen molar-refractivity contribution in [2.24, 2.45) is 0 Å². The molecule has 1 aliphatic carbocycles. The van der Waals surface area contributed by atoms with Gasteiger partial charge >= 0.3 is 0 Å². The molecule has 4 nitrogen and oxygen atoms in total. The van der Waals surface area contributed by atoms with Crippen LogP contribution in [0.2, 0.25) is 0 Å². The van der Waals surface area contributed by atoms with E-state index in [1.54, 1.807) is 0 Å². The van der Waals surface area contributed by atoms with Crippen LogP contribution in [-0.4, -0.2) is 27.2 Å². The van der Waals surface area contributed by atoms with Crippen LogP contribution >= 0.6 is 0 Å². The summed E-state index contributed by atoms with van der Waals surface area (Å²) in [6.45, 7) is 6.16. The molecule has 0 bridgehead atoms. The molecule has 2 atom stereocenters. The first-order valence-corrected chi connectivity index (χ1v) is 6.86. The third kappa shape index (κ3) is 3.19. The lowest BCUT2D eigenvalue weighted by atomic mass is 9.92. The molecule has 0 spiro atoms. The van der Waals surface area contributed by atoms with Gasteiger partial charge in [-0.3, -0.25) is 0 Å². The smallest absolute Gasteiger partial charge is 0.133 e. The van der Waals surface area contributed by atoms with E-state index in [-0.39, 0.29) is 12.1 Å². The van der Waals surface area contributed by atoms with E-state index < -0.39 is 0 Å². The first-order valence-electron chi connectivity index (χ1n) is 6.86. The second-order valence-corrected chi connectivity index (χ2v) is 5.51. The monoisotopic (exact) mass is 249 g/mol. The van der Waals surface area contributed by atoms with Gasteiger partial charge in [0.05, 0.1) is 12.1 Å². The van der Waals surface area contributed by atoms with Gasteiger partial charge in [0.2, 0.25) is 0 Å². The van der Waals surface area contributed by atoms with Crippen molar-refractivity contribution in [2.45, 2.75) is 64.5 Å². The highest BCUT2D eigenvalue weighted by atomic mass is 16.3. The van der Waals surface area contributed by atoms with Crippen molar-refractivity contribution in [3.05, 3.63) is 17.6 Å². The van der Waals surface area contributed by atoms with Gasteiger partial charge in [0.15, 0.2) is 0 Å². The molecule has 1 aromatic rings. The van der Waals surface area contributed by atoms with Gasteiger partial charge in [-0.1, -0.05) is 26.7 Å². The Kier molecular flexibility index (Phi) is 4.17. The average molecular weight is 249 g/mol. The van der Waals surface area contributed by atoms with Crippen molar-refractivity contribution in [1.29, 1.82) is 0 Å². The zero-order chi connectivity index (χ0) is 13.1. The summed E-state index contributed by atoms with van der Waals surface area (Å²) in [6.07, 6.45) is 3.95. The van der Waals surface area contributed by atoms with E-state index in [1.165, 1.54) is 6.42 Å². The number of aryl methyl sites for hydroxylation is 1. The fraction of sp³-hybridized carbons (Fsp3) is 0.714. The Hall–Kier alpha value is -1.16. The molecular formula is C14H23N3O. The zero-order valence-electron chi connectivity index (χ0n) is 11.5. The summed E-state index contributed by atoms with van der Waals surface area (Å²) >= 11 is 0. The third-order valence-corrected chi connectivity index (χ3v) is 3.45. The molecule has 18 heavy (non-hydrogen) atoms. The van der Waals surface area contributed by atoms with Gasteiger partial charge in [-0.25, -0.2) is 9.97 Å². The molecule has 1 fully saturated rings. The molecule has 0 radical (unpaired) electrons. The minimum atomic E-state index is -0.253. The lowest BCUT2D eigenvalue weighted by molar-refractivity contribution is 0.116. The lowest BCUT2D eigenvalue weighted by Crippen LogP contribution is -2.36. The average Bonchev–Trinajstić information content (AvgIpc) is 2.31. The van der Waals surface area contributed by atoms with Gasteiger partial charge in [0.1, 0.15) is 11.6 Å². The van der Waals surface area contributed by atoms with E-state index in [9.17, 15) is 5.11 Å². The van der Waals surface area contributed by atoms with Crippen LogP contribution in [0, 0.1) is 6.92 Å². The maximum atomic E-state index is 9.97. The standard InChI is InChI=1S/C14H23N3O/c1-9(2)14-15-10(3)8-13(17-14)16-11-6-4-5-7-12(11)18/h8-9,11-12,18H,4-7H2,1-3H3,(H,15,16,17)/t11-,12-/m0/s1. The highest BCUT2D eigenvalue weighted by Crippen LogP contribution is 2.22. The molecule has 2 N–H and O–H groups in total. The number of hydrogen-bond acceptors (Lipinski definition) is 4. The van der Waals surface area contributed by atoms with E-state index >= 15 is 0 Å². The summed E-state index contributed by atoms with van der Waals surface area (Å²) in [4.78, 5) is 8.96. The summed E-state index contributed by atoms with van der Waals surface area (Å²) < 4.78 is 0. The Balaban J connectivity index is 2.12. The molecule has 0 aliphatic heterocycles. The van der Waals surface area contributed by atoms with E-state index in [2.05, 4.69) is 29.1 Å². The quantitative estimate of drug-likeness (QED) is 0.864. The Labute approximate surface area is 109 Å². The summed E-state index contributed by atoms with van der Waals surface area (Å²) in [5.74, 6) is 2.03. The summed E-state index contributed by atoms with van der Waals surface area (Å²) in [5.41, 5.74) is 0.974. The number of anilines is 1. The number of rotatable bonds is 3. The molecular weight excluding hydrogens is 226 g/mol. The molecule has 0 aromatic carbocycles. The minimum absolute atomic E-state index is 0.132. The van der Waals surface area contributed by atoms with Crippen LogP contribution in [0.3, 0.4) is 0 Å². The summed E-state index contributed by atoms with van der Waals surface area (Å²) in [5, 5.41) is 13.3. The van der Waals surface area contributed by atoms with Gasteiger partial charge in [-0.05, 0) is 19.8 Å². The number of aliphatic hydroxyl groups excluding tert-OH is 1. The van der Waals surface area contributed by atoms with Crippen LogP contribution in [0.25, 0.3) is 0 Å². The maximum absolute atomic E-state index is 9.97. The molecule has 0 saturated heterocycles. The van der Waals surface area contributed by atoms with Gasteiger partial charge < -0.3 is 10.4 Å². The number of nitrogens with zero attached hydrogens (tertiary/aromatic N) is 2. The van der Waals surface area contributed by atoms with Crippen LogP contribution in [-0.2, 0) is 0 Å². The van der Waals surface area contributed by atoms with E-state index in [4.69, 9.17) is 0 Å². The first-order chi connectivity index (χ1) is 8.56. The fourth-order valence-corrected chi connectivity index (χ4v) is 2.39. The predicted octanol–water partition coefficient (Wildman–Crippen LogP) is 2.62. The molecule has 2 rings (SSSR count). The van der Waals surface area contributed by atoms with Crippen molar-refractivity contribution in [3.8, 4) is 0 Å². The number of aliphatic hydroxyl groups is 1. The van der Waals surface area contributed by atoms with Gasteiger partial charge in [0, 0.05) is 17.7 Å². The van der Waals surface area contributed by atoms with Crippen LogP contribution < -0.4 is 5.32 Å². The van der Waals surface area contributed by atoms with Crippen LogP contribution in [0.15, 0.2) is 6.07 Å². The zero-order valence-corrected chi connectivity index (χ0v) is 11.5. The first kappa shape index (κ1) is 13.3. The van der Waals surface area contributed by atoms with Crippen LogP contribution in [0.1, 0.15) is 57.0 Å². The second-order valence-electron chi connectivity index (χ2n) is 5.51. The number of nitrogens with one attached hydrogen (secondary N) is 1. The highest BCUT2D eigenvalue weighted by molar-refractivity contribution is 5.37. The normalized spacial score (nSPS) is 24.3. The summed E-state index contributed by atoms with van der Waals surface area (Å²) in [6, 6.07) is 2.08. The number of aromatic nitrogens is 2. The molecule has 0 amide bonds. The van der Waals surface area contributed by atoms with Crippen LogP contribution in [0.5, 0.6) is 0 Å². The molecule has 1 aromatic heterocycles. The Morgan fingerprint density at radius 3 is 2.67 bits per heavy atom. The van der Waals surface area contributed by atoms with E-state index in [0.29, 0.717) is 5.92 Å². The highest BCUT2D eigenvalue weighted by Gasteiger charge is 2.23. The van der Waals surface area contributed by atoms with Crippen molar-refractivity contribution in [3.63, 3.8) is 0 Å². The second kappa shape index (κ2) is 5.65. The molecule has 1 saturated carbocycles. The lowest BCUT2D eigenvalue weighted by Gasteiger charge is -2.29.